The van der Waals surface area contributed by atoms with Crippen LogP contribution in [0.2, 0.25) is 0 Å². The van der Waals surface area contributed by atoms with Crippen LogP contribution in [0.25, 0.3) is 0 Å². The average Bonchev–Trinajstić information content (AvgIpc) is 3.25. The van der Waals surface area contributed by atoms with Gasteiger partial charge in [0, 0.05) is 30.7 Å². The number of amides is 2. The van der Waals surface area contributed by atoms with Gasteiger partial charge in [-0.25, -0.2) is 8.42 Å². The Hall–Kier alpha value is -2.71. The van der Waals surface area contributed by atoms with Gasteiger partial charge in [-0.15, -0.1) is 0 Å². The van der Waals surface area contributed by atoms with Gasteiger partial charge in [-0.2, -0.15) is 0 Å². The van der Waals surface area contributed by atoms with Crippen LogP contribution in [0.15, 0.2) is 53.4 Å². The van der Waals surface area contributed by atoms with E-state index in [1.807, 2.05) is 29.2 Å². The number of nitrogens with one attached hydrogen (secondary N) is 2. The molecule has 0 saturated carbocycles. The van der Waals surface area contributed by atoms with Crippen molar-refractivity contribution in [1.82, 2.24) is 5.32 Å². The third-order valence-electron chi connectivity index (χ3n) is 6.07. The second-order valence-electron chi connectivity index (χ2n) is 9.97. The molecule has 1 fully saturated rings. The summed E-state index contributed by atoms with van der Waals surface area (Å²) in [5.41, 5.74) is 1.58. The number of nitrogens with zero attached hydrogens (tertiary/aromatic N) is 1. The highest BCUT2D eigenvalue weighted by Gasteiger charge is 2.56. The molecule has 2 atom stereocenters. The molecule has 7 nitrogen and oxygen atoms in total. The molecule has 0 aliphatic carbocycles. The lowest BCUT2D eigenvalue weighted by Gasteiger charge is -2.29. The molecular weight excluding hydrogens is 426 g/mol. The molecule has 1 saturated heterocycles. The fourth-order valence-corrected chi connectivity index (χ4v) is 5.22. The van der Waals surface area contributed by atoms with Crippen molar-refractivity contribution < 1.29 is 18.0 Å². The number of anilines is 2. The molecule has 0 aromatic heterocycles. The minimum Gasteiger partial charge on any atom is -0.325 e. The maximum Gasteiger partial charge on any atom is 0.241 e. The van der Waals surface area contributed by atoms with E-state index in [0.717, 1.165) is 17.5 Å². The van der Waals surface area contributed by atoms with Gasteiger partial charge in [-0.05, 0) is 47.7 Å². The zero-order chi connectivity index (χ0) is 23.3. The summed E-state index contributed by atoms with van der Waals surface area (Å²) in [6.45, 7) is 7.31. The zero-order valence-electron chi connectivity index (χ0n) is 18.8. The molecule has 0 bridgehead atoms. The minimum absolute atomic E-state index is 0.0360. The number of carbonyl (C=O) groups excluding carboxylic acids is 2. The third kappa shape index (κ3) is 4.04. The van der Waals surface area contributed by atoms with Crippen molar-refractivity contribution in [2.75, 3.05) is 29.6 Å². The minimum atomic E-state index is -3.30. The van der Waals surface area contributed by atoms with Gasteiger partial charge in [-0.1, -0.05) is 39.0 Å². The Labute approximate surface area is 189 Å². The molecule has 2 unspecified atom stereocenters. The molecule has 4 rings (SSSR count). The van der Waals surface area contributed by atoms with Crippen LogP contribution in [-0.4, -0.2) is 45.6 Å². The Bertz CT molecular complexity index is 1170. The molecule has 32 heavy (non-hydrogen) atoms. The van der Waals surface area contributed by atoms with Crippen LogP contribution in [0.1, 0.15) is 32.8 Å². The standard InChI is InChI=1S/C24H29N3O4S/c1-23(2,3)15-27-20-8-6-5-7-18(20)24(22(27)29)13-19(25-14-24)21(28)26-16-9-11-17(12-10-16)32(4,30)31/h5-12,19,25H,13-15H2,1-4H3,(H,26,28). The van der Waals surface area contributed by atoms with E-state index >= 15 is 0 Å². The van der Waals surface area contributed by atoms with Gasteiger partial charge in [0.25, 0.3) is 0 Å². The molecular formula is C24H29N3O4S. The van der Waals surface area contributed by atoms with Gasteiger partial charge < -0.3 is 15.5 Å². The molecule has 2 aliphatic heterocycles. The number of carbonyl (C=O) groups is 2. The first kappa shape index (κ1) is 22.5. The smallest absolute Gasteiger partial charge is 0.241 e. The highest BCUT2D eigenvalue weighted by atomic mass is 32.2. The Morgan fingerprint density at radius 1 is 1.16 bits per heavy atom. The number of fused-ring (bicyclic) bond motifs is 2. The third-order valence-corrected chi connectivity index (χ3v) is 7.20. The molecule has 0 radical (unpaired) electrons. The van der Waals surface area contributed by atoms with Crippen molar-refractivity contribution in [3.8, 4) is 0 Å². The molecule has 2 aromatic carbocycles. The van der Waals surface area contributed by atoms with E-state index in [-0.39, 0.29) is 22.1 Å². The lowest BCUT2D eigenvalue weighted by Crippen LogP contribution is -2.44. The monoisotopic (exact) mass is 455 g/mol. The number of hydrogen-bond acceptors (Lipinski definition) is 5. The number of benzene rings is 2. The molecule has 1 spiro atoms. The van der Waals surface area contributed by atoms with Crippen molar-refractivity contribution in [1.29, 1.82) is 0 Å². The van der Waals surface area contributed by atoms with Crippen molar-refractivity contribution in [2.45, 2.75) is 43.5 Å². The van der Waals surface area contributed by atoms with Crippen molar-refractivity contribution in [2.24, 2.45) is 5.41 Å². The summed E-state index contributed by atoms with van der Waals surface area (Å²) < 4.78 is 23.3. The number of sulfone groups is 1. The number of para-hydroxylation sites is 1. The van der Waals surface area contributed by atoms with Crippen LogP contribution in [-0.2, 0) is 24.8 Å². The Morgan fingerprint density at radius 3 is 2.44 bits per heavy atom. The molecule has 2 amide bonds. The number of hydrogen-bond donors (Lipinski definition) is 2. The summed E-state index contributed by atoms with van der Waals surface area (Å²) in [6.07, 6.45) is 1.51. The largest absolute Gasteiger partial charge is 0.325 e. The highest BCUT2D eigenvalue weighted by Crippen LogP contribution is 2.47. The summed E-state index contributed by atoms with van der Waals surface area (Å²) in [5.74, 6) is -0.206. The van der Waals surface area contributed by atoms with E-state index in [1.165, 1.54) is 12.1 Å². The van der Waals surface area contributed by atoms with E-state index in [2.05, 4.69) is 31.4 Å². The predicted molar refractivity (Wildman–Crippen MR) is 125 cm³/mol. The summed E-state index contributed by atoms with van der Waals surface area (Å²) >= 11 is 0. The molecule has 2 aliphatic rings. The molecule has 8 heteroatoms. The summed E-state index contributed by atoms with van der Waals surface area (Å²) in [6, 6.07) is 13.4. The Balaban J connectivity index is 1.54. The zero-order valence-corrected chi connectivity index (χ0v) is 19.6. The topological polar surface area (TPSA) is 95.6 Å². The maximum absolute atomic E-state index is 13.6. The lowest BCUT2D eigenvalue weighted by atomic mass is 9.79. The first-order valence-electron chi connectivity index (χ1n) is 10.7. The molecule has 2 aromatic rings. The molecule has 170 valence electrons. The van der Waals surface area contributed by atoms with Crippen LogP contribution in [0, 0.1) is 5.41 Å². The predicted octanol–water partition coefficient (Wildman–Crippen LogP) is 2.72. The maximum atomic E-state index is 13.6. The van der Waals surface area contributed by atoms with E-state index < -0.39 is 21.3 Å². The number of rotatable bonds is 4. The van der Waals surface area contributed by atoms with Crippen LogP contribution < -0.4 is 15.5 Å². The van der Waals surface area contributed by atoms with Crippen molar-refractivity contribution in [3.05, 3.63) is 54.1 Å². The van der Waals surface area contributed by atoms with Crippen LogP contribution >= 0.6 is 0 Å². The van der Waals surface area contributed by atoms with E-state index in [1.54, 1.807) is 12.1 Å². The van der Waals surface area contributed by atoms with Gasteiger partial charge in [0.05, 0.1) is 16.4 Å². The lowest BCUT2D eigenvalue weighted by molar-refractivity contribution is -0.123. The van der Waals surface area contributed by atoms with E-state index in [9.17, 15) is 18.0 Å². The van der Waals surface area contributed by atoms with E-state index in [0.29, 0.717) is 25.2 Å². The Morgan fingerprint density at radius 2 is 1.81 bits per heavy atom. The first-order valence-corrected chi connectivity index (χ1v) is 12.6. The van der Waals surface area contributed by atoms with Crippen molar-refractivity contribution in [3.63, 3.8) is 0 Å². The Kier molecular flexibility index (Phi) is 5.41. The van der Waals surface area contributed by atoms with Gasteiger partial charge in [0.2, 0.25) is 11.8 Å². The van der Waals surface area contributed by atoms with Gasteiger partial charge in [0.1, 0.15) is 0 Å². The van der Waals surface area contributed by atoms with Crippen LogP contribution in [0.5, 0.6) is 0 Å². The summed E-state index contributed by atoms with van der Waals surface area (Å²) in [5, 5.41) is 6.08. The van der Waals surface area contributed by atoms with E-state index in [4.69, 9.17) is 0 Å². The van der Waals surface area contributed by atoms with Crippen LogP contribution in [0.4, 0.5) is 11.4 Å². The average molecular weight is 456 g/mol. The molecule has 2 N–H and O–H groups in total. The summed E-state index contributed by atoms with van der Waals surface area (Å²) in [7, 11) is -3.30. The van der Waals surface area contributed by atoms with Crippen LogP contribution in [0.3, 0.4) is 0 Å². The molecule has 2 heterocycles. The van der Waals surface area contributed by atoms with Crippen molar-refractivity contribution >= 4 is 33.0 Å². The van der Waals surface area contributed by atoms with Gasteiger partial charge >= 0.3 is 0 Å². The highest BCUT2D eigenvalue weighted by molar-refractivity contribution is 7.90. The normalized spacial score (nSPS) is 22.9. The SMILES string of the molecule is CC(C)(C)CN1C(=O)C2(CNC(C(=O)Nc3ccc(S(C)(=O)=O)cc3)C2)c2ccccc21. The fourth-order valence-electron chi connectivity index (χ4n) is 4.59. The van der Waals surface area contributed by atoms with Gasteiger partial charge in [0.15, 0.2) is 9.84 Å². The van der Waals surface area contributed by atoms with Gasteiger partial charge in [-0.3, -0.25) is 9.59 Å². The first-order chi connectivity index (χ1) is 14.9. The second-order valence-corrected chi connectivity index (χ2v) is 12.0. The second kappa shape index (κ2) is 7.71. The quantitative estimate of drug-likeness (QED) is 0.739. The fraction of sp³-hybridized carbons (Fsp3) is 0.417. The summed E-state index contributed by atoms with van der Waals surface area (Å²) in [4.78, 5) is 28.6.